The van der Waals surface area contributed by atoms with E-state index in [2.05, 4.69) is 20.6 Å². The number of aromatic nitrogens is 2. The number of hydrogen-bond acceptors (Lipinski definition) is 6. The fourth-order valence-corrected chi connectivity index (χ4v) is 4.08. The number of carbonyl (C=O) groups is 4. The first-order valence-corrected chi connectivity index (χ1v) is 10.3. The van der Waals surface area contributed by atoms with Gasteiger partial charge in [0.05, 0.1) is 31.7 Å². The lowest BCUT2D eigenvalue weighted by Gasteiger charge is -2.34. The third-order valence-electron chi connectivity index (χ3n) is 5.77. The van der Waals surface area contributed by atoms with E-state index in [0.717, 1.165) is 6.42 Å². The molecule has 3 fully saturated rings. The van der Waals surface area contributed by atoms with Gasteiger partial charge >= 0.3 is 0 Å². The van der Waals surface area contributed by atoms with Gasteiger partial charge in [-0.05, 0) is 12.8 Å². The number of likely N-dealkylation sites (tertiary alicyclic amines) is 1. The Morgan fingerprint density at radius 1 is 1.27 bits per heavy atom. The van der Waals surface area contributed by atoms with Crippen LogP contribution >= 0.6 is 0 Å². The summed E-state index contributed by atoms with van der Waals surface area (Å²) in [5.41, 5.74) is 0.626. The van der Waals surface area contributed by atoms with Gasteiger partial charge in [0, 0.05) is 32.3 Å². The minimum absolute atomic E-state index is 0.0692. The van der Waals surface area contributed by atoms with Gasteiger partial charge in [-0.25, -0.2) is 4.98 Å². The standard InChI is InChI=1S/C19H26N6O5/c26-16-9-13(22-16)17(27)23-14(8-12-10-20-11-21-12)18(28)25-3-1-2-15(25)19(29)24-4-6-30-7-5-24/h10-11,13-15H,1-9H2,(H,20,21)(H,22,26)(H,23,27)/t13-,14-,15-/m0/s1. The molecule has 0 bridgehead atoms. The van der Waals surface area contributed by atoms with Gasteiger partial charge in [0.2, 0.25) is 23.6 Å². The highest BCUT2D eigenvalue weighted by molar-refractivity contribution is 5.99. The molecule has 3 N–H and O–H groups in total. The average molecular weight is 418 g/mol. The van der Waals surface area contributed by atoms with Crippen molar-refractivity contribution in [3.63, 3.8) is 0 Å². The quantitative estimate of drug-likeness (QED) is 0.465. The second-order valence-electron chi connectivity index (χ2n) is 7.78. The second kappa shape index (κ2) is 8.82. The van der Waals surface area contributed by atoms with E-state index in [1.165, 1.54) is 6.33 Å². The van der Waals surface area contributed by atoms with Crippen molar-refractivity contribution in [2.75, 3.05) is 32.8 Å². The van der Waals surface area contributed by atoms with Gasteiger partial charge in [-0.1, -0.05) is 0 Å². The van der Waals surface area contributed by atoms with Crippen LogP contribution in [0.4, 0.5) is 0 Å². The Hall–Kier alpha value is -2.95. The molecule has 3 saturated heterocycles. The lowest BCUT2D eigenvalue weighted by Crippen LogP contribution is -2.61. The topological polar surface area (TPSA) is 137 Å². The molecule has 4 amide bonds. The summed E-state index contributed by atoms with van der Waals surface area (Å²) in [6.45, 7) is 2.50. The van der Waals surface area contributed by atoms with Crippen LogP contribution in [0.3, 0.4) is 0 Å². The third-order valence-corrected chi connectivity index (χ3v) is 5.77. The molecule has 1 aromatic heterocycles. The zero-order valence-electron chi connectivity index (χ0n) is 16.6. The van der Waals surface area contributed by atoms with E-state index in [1.807, 2.05) is 0 Å². The van der Waals surface area contributed by atoms with Crippen molar-refractivity contribution in [2.45, 2.75) is 43.8 Å². The fraction of sp³-hybridized carbons (Fsp3) is 0.632. The first-order chi connectivity index (χ1) is 14.5. The van der Waals surface area contributed by atoms with Gasteiger partial charge in [-0.15, -0.1) is 0 Å². The summed E-state index contributed by atoms with van der Waals surface area (Å²) in [7, 11) is 0. The smallest absolute Gasteiger partial charge is 0.246 e. The number of H-pyrrole nitrogens is 1. The summed E-state index contributed by atoms with van der Waals surface area (Å²) in [6.07, 6.45) is 4.81. The van der Waals surface area contributed by atoms with Gasteiger partial charge in [0.25, 0.3) is 0 Å². The number of β-lactam (4-membered cyclic amide) rings is 1. The highest BCUT2D eigenvalue weighted by Gasteiger charge is 2.41. The van der Waals surface area contributed by atoms with Crippen LogP contribution < -0.4 is 10.6 Å². The number of amides is 4. The lowest BCUT2D eigenvalue weighted by atomic mass is 10.0. The fourth-order valence-electron chi connectivity index (χ4n) is 4.08. The largest absolute Gasteiger partial charge is 0.378 e. The van der Waals surface area contributed by atoms with Gasteiger partial charge in [0.15, 0.2) is 0 Å². The van der Waals surface area contributed by atoms with Crippen molar-refractivity contribution >= 4 is 23.6 Å². The predicted molar refractivity (Wildman–Crippen MR) is 103 cm³/mol. The molecule has 3 atom stereocenters. The zero-order chi connectivity index (χ0) is 21.1. The molecule has 162 valence electrons. The van der Waals surface area contributed by atoms with Crippen molar-refractivity contribution in [1.29, 1.82) is 0 Å². The Bertz CT molecular complexity index is 798. The molecular weight excluding hydrogens is 392 g/mol. The van der Waals surface area contributed by atoms with Crippen molar-refractivity contribution in [1.82, 2.24) is 30.4 Å². The van der Waals surface area contributed by atoms with Crippen LogP contribution in [-0.4, -0.2) is 94.4 Å². The number of rotatable bonds is 6. The van der Waals surface area contributed by atoms with Crippen LogP contribution in [0.2, 0.25) is 0 Å². The van der Waals surface area contributed by atoms with Gasteiger partial charge < -0.3 is 30.2 Å². The molecule has 3 aliphatic heterocycles. The zero-order valence-corrected chi connectivity index (χ0v) is 16.6. The molecule has 1 aromatic rings. The molecule has 4 rings (SSSR count). The van der Waals surface area contributed by atoms with Gasteiger partial charge in [-0.3, -0.25) is 19.2 Å². The van der Waals surface area contributed by atoms with Crippen LogP contribution in [0, 0.1) is 0 Å². The van der Waals surface area contributed by atoms with Crippen LogP contribution in [0.15, 0.2) is 12.5 Å². The van der Waals surface area contributed by atoms with Crippen LogP contribution in [0.5, 0.6) is 0 Å². The molecule has 3 aliphatic rings. The molecule has 0 saturated carbocycles. The van der Waals surface area contributed by atoms with Crippen molar-refractivity contribution in [3.05, 3.63) is 18.2 Å². The molecule has 0 radical (unpaired) electrons. The second-order valence-corrected chi connectivity index (χ2v) is 7.78. The number of imidazole rings is 1. The summed E-state index contributed by atoms with van der Waals surface area (Å²) in [5.74, 6) is -0.971. The monoisotopic (exact) mass is 418 g/mol. The van der Waals surface area contributed by atoms with E-state index >= 15 is 0 Å². The number of ether oxygens (including phenoxy) is 1. The van der Waals surface area contributed by atoms with Crippen molar-refractivity contribution in [3.8, 4) is 0 Å². The molecule has 11 nitrogen and oxygen atoms in total. The highest BCUT2D eigenvalue weighted by Crippen LogP contribution is 2.22. The first-order valence-electron chi connectivity index (χ1n) is 10.3. The SMILES string of the molecule is O=C1C[C@@H](C(=O)N[C@@H](Cc2c[nH]cn2)C(=O)N2CCC[C@H]2C(=O)N2CCOCC2)N1. The Morgan fingerprint density at radius 2 is 2.03 bits per heavy atom. The molecule has 30 heavy (non-hydrogen) atoms. The number of hydrogen-bond donors (Lipinski definition) is 3. The molecule has 0 unspecified atom stereocenters. The normalized spacial score (nSPS) is 24.7. The van der Waals surface area contributed by atoms with Crippen LogP contribution in [0.1, 0.15) is 25.0 Å². The van der Waals surface area contributed by atoms with Crippen LogP contribution in [0.25, 0.3) is 0 Å². The number of morpholine rings is 1. The lowest BCUT2D eigenvalue weighted by molar-refractivity contribution is -0.148. The molecule has 11 heteroatoms. The summed E-state index contributed by atoms with van der Waals surface area (Å²) < 4.78 is 5.31. The number of nitrogens with one attached hydrogen (secondary N) is 3. The highest BCUT2D eigenvalue weighted by atomic mass is 16.5. The summed E-state index contributed by atoms with van der Waals surface area (Å²) in [4.78, 5) is 60.3. The van der Waals surface area contributed by atoms with E-state index < -0.39 is 24.0 Å². The predicted octanol–water partition coefficient (Wildman–Crippen LogP) is -1.82. The Morgan fingerprint density at radius 3 is 2.70 bits per heavy atom. The van der Waals surface area contributed by atoms with E-state index in [1.54, 1.807) is 16.0 Å². The maximum atomic E-state index is 13.4. The number of carbonyl (C=O) groups excluding carboxylic acids is 4. The minimum Gasteiger partial charge on any atom is -0.378 e. The summed E-state index contributed by atoms with van der Waals surface area (Å²) in [6, 6.07) is -2.02. The molecule has 4 heterocycles. The van der Waals surface area contributed by atoms with E-state index in [9.17, 15) is 19.2 Å². The van der Waals surface area contributed by atoms with Crippen molar-refractivity contribution in [2.24, 2.45) is 0 Å². The first kappa shape index (κ1) is 20.3. The summed E-state index contributed by atoms with van der Waals surface area (Å²) in [5, 5.41) is 5.26. The molecule has 0 aromatic carbocycles. The van der Waals surface area contributed by atoms with Gasteiger partial charge in [-0.2, -0.15) is 0 Å². The summed E-state index contributed by atoms with van der Waals surface area (Å²) >= 11 is 0. The maximum absolute atomic E-state index is 13.4. The minimum atomic E-state index is -0.864. The number of nitrogens with zero attached hydrogens (tertiary/aromatic N) is 3. The average Bonchev–Trinajstić information content (AvgIpc) is 3.42. The Balaban J connectivity index is 1.46. The third kappa shape index (κ3) is 4.30. The molecular formula is C19H26N6O5. The van der Waals surface area contributed by atoms with Gasteiger partial charge in [0.1, 0.15) is 18.1 Å². The Labute approximate surface area is 173 Å². The van der Waals surface area contributed by atoms with E-state index in [0.29, 0.717) is 45.0 Å². The molecule has 0 spiro atoms. The maximum Gasteiger partial charge on any atom is 0.246 e. The molecule has 0 aliphatic carbocycles. The van der Waals surface area contributed by atoms with Crippen molar-refractivity contribution < 1.29 is 23.9 Å². The van der Waals surface area contributed by atoms with E-state index in [-0.39, 0.29) is 30.6 Å². The van der Waals surface area contributed by atoms with Crippen LogP contribution in [-0.2, 0) is 30.3 Å². The number of aromatic amines is 1. The Kier molecular flexibility index (Phi) is 5.98. The van der Waals surface area contributed by atoms with E-state index in [4.69, 9.17) is 4.74 Å².